The Hall–Kier alpha value is -1.53. The number of hydrogen-bond acceptors (Lipinski definition) is 5. The number of carbonyl (C=O) groups excluding carboxylic acids is 1. The van der Waals surface area contributed by atoms with Gasteiger partial charge in [-0.15, -0.1) is 0 Å². The van der Waals surface area contributed by atoms with Gasteiger partial charge in [0.05, 0.1) is 19.4 Å². The lowest BCUT2D eigenvalue weighted by atomic mass is 10.1. The number of halogens is 1. The second kappa shape index (κ2) is 6.76. The third kappa shape index (κ3) is 3.13. The lowest BCUT2D eigenvalue weighted by Crippen LogP contribution is -2.22. The first-order valence-corrected chi connectivity index (χ1v) is 7.11. The van der Waals surface area contributed by atoms with Crippen molar-refractivity contribution in [1.29, 1.82) is 0 Å². The number of esters is 1. The SMILES string of the molecule is CCCNC(c1ccc(C(=O)OC)o1)c1ccoc1Br. The van der Waals surface area contributed by atoms with Crippen LogP contribution in [-0.4, -0.2) is 19.6 Å². The molecule has 2 rings (SSSR count). The molecule has 0 bridgehead atoms. The molecule has 108 valence electrons. The van der Waals surface area contributed by atoms with Crippen LogP contribution in [0.1, 0.15) is 41.3 Å². The van der Waals surface area contributed by atoms with E-state index in [0.29, 0.717) is 10.4 Å². The summed E-state index contributed by atoms with van der Waals surface area (Å²) < 4.78 is 16.1. The predicted molar refractivity (Wildman–Crippen MR) is 76.6 cm³/mol. The summed E-state index contributed by atoms with van der Waals surface area (Å²) in [4.78, 5) is 11.5. The van der Waals surface area contributed by atoms with Gasteiger partial charge in [-0.25, -0.2) is 4.79 Å². The highest BCUT2D eigenvalue weighted by Gasteiger charge is 2.23. The Morgan fingerprint density at radius 2 is 2.25 bits per heavy atom. The van der Waals surface area contributed by atoms with E-state index in [4.69, 9.17) is 8.83 Å². The van der Waals surface area contributed by atoms with Gasteiger partial charge < -0.3 is 18.9 Å². The Labute approximate surface area is 125 Å². The van der Waals surface area contributed by atoms with Crippen LogP contribution in [0.4, 0.5) is 0 Å². The molecule has 0 aliphatic carbocycles. The van der Waals surface area contributed by atoms with E-state index >= 15 is 0 Å². The molecule has 6 heteroatoms. The molecular formula is C14H16BrNO4. The lowest BCUT2D eigenvalue weighted by Gasteiger charge is -2.15. The van der Waals surface area contributed by atoms with Gasteiger partial charge in [0.1, 0.15) is 5.76 Å². The average Bonchev–Trinajstić information content (AvgIpc) is 3.09. The maximum atomic E-state index is 11.5. The monoisotopic (exact) mass is 341 g/mol. The van der Waals surface area contributed by atoms with E-state index in [1.54, 1.807) is 18.4 Å². The van der Waals surface area contributed by atoms with Crippen molar-refractivity contribution in [3.05, 3.63) is 46.2 Å². The molecule has 0 spiro atoms. The van der Waals surface area contributed by atoms with Crippen molar-refractivity contribution in [1.82, 2.24) is 5.32 Å². The molecular weight excluding hydrogens is 326 g/mol. The van der Waals surface area contributed by atoms with Crippen LogP contribution in [-0.2, 0) is 4.74 Å². The Bertz CT molecular complexity index is 575. The summed E-state index contributed by atoms with van der Waals surface area (Å²) in [7, 11) is 1.32. The number of ether oxygens (including phenoxy) is 1. The molecule has 0 amide bonds. The van der Waals surface area contributed by atoms with Crippen LogP contribution >= 0.6 is 15.9 Å². The molecule has 20 heavy (non-hydrogen) atoms. The van der Waals surface area contributed by atoms with Crippen molar-refractivity contribution in [3.63, 3.8) is 0 Å². The van der Waals surface area contributed by atoms with Gasteiger partial charge in [-0.05, 0) is 47.1 Å². The number of furan rings is 2. The van der Waals surface area contributed by atoms with Gasteiger partial charge in [-0.2, -0.15) is 0 Å². The number of hydrogen-bond donors (Lipinski definition) is 1. The Morgan fingerprint density at radius 3 is 2.85 bits per heavy atom. The normalized spacial score (nSPS) is 12.3. The minimum atomic E-state index is -0.489. The van der Waals surface area contributed by atoms with E-state index < -0.39 is 5.97 Å². The predicted octanol–water partition coefficient (Wildman–Crippen LogP) is 3.51. The van der Waals surface area contributed by atoms with Gasteiger partial charge in [0.25, 0.3) is 0 Å². The van der Waals surface area contributed by atoms with Gasteiger partial charge >= 0.3 is 5.97 Å². The summed E-state index contributed by atoms with van der Waals surface area (Å²) >= 11 is 3.37. The molecule has 1 unspecified atom stereocenters. The van der Waals surface area contributed by atoms with Crippen molar-refractivity contribution in [2.24, 2.45) is 0 Å². The standard InChI is InChI=1S/C14H16BrNO4/c1-3-7-16-12(9-6-8-19-13(9)15)10-4-5-11(20-10)14(17)18-2/h4-6,8,12,16H,3,7H2,1-2H3. The van der Waals surface area contributed by atoms with Crippen LogP contribution in [0.15, 0.2) is 38.0 Å². The third-order valence-electron chi connectivity index (χ3n) is 2.85. The van der Waals surface area contributed by atoms with Gasteiger partial charge in [0.15, 0.2) is 4.67 Å². The summed E-state index contributed by atoms with van der Waals surface area (Å²) in [6.07, 6.45) is 2.58. The molecule has 5 nitrogen and oxygen atoms in total. The van der Waals surface area contributed by atoms with Gasteiger partial charge in [-0.3, -0.25) is 0 Å². The second-order valence-electron chi connectivity index (χ2n) is 4.23. The van der Waals surface area contributed by atoms with Crippen LogP contribution in [0.25, 0.3) is 0 Å². The minimum absolute atomic E-state index is 0.179. The maximum absolute atomic E-state index is 11.5. The summed E-state index contributed by atoms with van der Waals surface area (Å²) in [6.45, 7) is 2.90. The van der Waals surface area contributed by atoms with Crippen LogP contribution in [0, 0.1) is 0 Å². The van der Waals surface area contributed by atoms with Crippen LogP contribution in [0.5, 0.6) is 0 Å². The van der Waals surface area contributed by atoms with Gasteiger partial charge in [0, 0.05) is 5.56 Å². The molecule has 2 aromatic heterocycles. The Morgan fingerprint density at radius 1 is 1.45 bits per heavy atom. The minimum Gasteiger partial charge on any atom is -0.463 e. The largest absolute Gasteiger partial charge is 0.463 e. The van der Waals surface area contributed by atoms with Crippen molar-refractivity contribution >= 4 is 21.9 Å². The molecule has 0 aliphatic heterocycles. The highest BCUT2D eigenvalue weighted by atomic mass is 79.9. The molecule has 0 saturated heterocycles. The van der Waals surface area contributed by atoms with Crippen molar-refractivity contribution < 1.29 is 18.4 Å². The molecule has 0 radical (unpaired) electrons. The quantitative estimate of drug-likeness (QED) is 0.814. The van der Waals surface area contributed by atoms with Gasteiger partial charge in [-0.1, -0.05) is 6.92 Å². The van der Waals surface area contributed by atoms with Crippen molar-refractivity contribution in [2.75, 3.05) is 13.7 Å². The third-order valence-corrected chi connectivity index (χ3v) is 3.50. The Balaban J connectivity index is 2.29. The van der Waals surface area contributed by atoms with Gasteiger partial charge in [0.2, 0.25) is 5.76 Å². The van der Waals surface area contributed by atoms with Crippen molar-refractivity contribution in [3.8, 4) is 0 Å². The van der Waals surface area contributed by atoms with E-state index in [9.17, 15) is 4.79 Å². The number of rotatable bonds is 6. The number of carbonyl (C=O) groups is 1. The van der Waals surface area contributed by atoms with Crippen LogP contribution < -0.4 is 5.32 Å². The molecule has 2 heterocycles. The number of methoxy groups -OCH3 is 1. The van der Waals surface area contributed by atoms with E-state index in [-0.39, 0.29) is 11.8 Å². The maximum Gasteiger partial charge on any atom is 0.373 e. The fourth-order valence-electron chi connectivity index (χ4n) is 1.88. The topological polar surface area (TPSA) is 64.6 Å². The lowest BCUT2D eigenvalue weighted by molar-refractivity contribution is 0.0562. The average molecular weight is 342 g/mol. The molecule has 0 fully saturated rings. The smallest absolute Gasteiger partial charge is 0.373 e. The molecule has 1 N–H and O–H groups in total. The highest BCUT2D eigenvalue weighted by Crippen LogP contribution is 2.30. The molecule has 1 atom stereocenters. The Kier molecular flexibility index (Phi) is 5.03. The van der Waals surface area contributed by atoms with E-state index in [0.717, 1.165) is 18.5 Å². The zero-order valence-corrected chi connectivity index (χ0v) is 12.9. The molecule has 0 aromatic carbocycles. The zero-order valence-electron chi connectivity index (χ0n) is 11.3. The molecule has 2 aromatic rings. The summed E-state index contributed by atoms with van der Waals surface area (Å²) in [5.74, 6) is 0.336. The van der Waals surface area contributed by atoms with Crippen molar-refractivity contribution in [2.45, 2.75) is 19.4 Å². The number of nitrogens with one attached hydrogen (secondary N) is 1. The first-order valence-electron chi connectivity index (χ1n) is 6.31. The van der Waals surface area contributed by atoms with Crippen LogP contribution in [0.3, 0.4) is 0 Å². The summed E-state index contributed by atoms with van der Waals surface area (Å²) in [6, 6.07) is 5.05. The van der Waals surface area contributed by atoms with E-state index in [2.05, 4.69) is 32.9 Å². The first kappa shape index (κ1) is 14.9. The highest BCUT2D eigenvalue weighted by molar-refractivity contribution is 9.10. The van der Waals surface area contributed by atoms with E-state index in [1.165, 1.54) is 7.11 Å². The first-order chi connectivity index (χ1) is 9.67. The fraction of sp³-hybridized carbons (Fsp3) is 0.357. The molecule has 0 saturated carbocycles. The second-order valence-corrected chi connectivity index (χ2v) is 4.95. The zero-order chi connectivity index (χ0) is 14.5. The fourth-order valence-corrected chi connectivity index (χ4v) is 2.35. The van der Waals surface area contributed by atoms with E-state index in [1.807, 2.05) is 6.07 Å². The summed E-state index contributed by atoms with van der Waals surface area (Å²) in [5, 5.41) is 3.36. The summed E-state index contributed by atoms with van der Waals surface area (Å²) in [5.41, 5.74) is 0.921. The molecule has 0 aliphatic rings. The van der Waals surface area contributed by atoms with Crippen LogP contribution in [0.2, 0.25) is 0 Å².